The van der Waals surface area contributed by atoms with Gasteiger partial charge in [0.1, 0.15) is 28.9 Å². The number of halogens is 2. The number of imidazole rings is 1. The van der Waals surface area contributed by atoms with Gasteiger partial charge in [0.25, 0.3) is 11.8 Å². The van der Waals surface area contributed by atoms with Crippen molar-refractivity contribution in [3.05, 3.63) is 88.3 Å². The first-order valence-electron chi connectivity index (χ1n) is 12.6. The van der Waals surface area contributed by atoms with Crippen LogP contribution in [0.15, 0.2) is 54.7 Å². The van der Waals surface area contributed by atoms with Crippen molar-refractivity contribution < 1.29 is 23.5 Å². The zero-order valence-corrected chi connectivity index (χ0v) is 21.8. The molecule has 1 aromatic carbocycles. The molecule has 4 aromatic rings. The van der Waals surface area contributed by atoms with Crippen LogP contribution < -0.4 is 14.8 Å². The fourth-order valence-corrected chi connectivity index (χ4v) is 5.05. The third-order valence-corrected chi connectivity index (χ3v) is 7.21. The van der Waals surface area contributed by atoms with Crippen LogP contribution in [0, 0.1) is 5.82 Å². The largest absolute Gasteiger partial charge is 0.497 e. The first kappa shape index (κ1) is 25.1. The number of methoxy groups -OCH3 is 1. The Balaban J connectivity index is 1.28. The molecule has 1 N–H and O–H groups in total. The Morgan fingerprint density at radius 1 is 1.15 bits per heavy atom. The van der Waals surface area contributed by atoms with Crippen molar-refractivity contribution in [1.29, 1.82) is 0 Å². The number of rotatable bonds is 7. The lowest BCUT2D eigenvalue weighted by molar-refractivity contribution is -0.135. The lowest BCUT2D eigenvalue weighted by Crippen LogP contribution is -2.43. The third kappa shape index (κ3) is 4.87. The number of carbonyl (C=O) groups is 2. The van der Waals surface area contributed by atoms with Gasteiger partial charge in [-0.05, 0) is 49.2 Å². The maximum atomic E-state index is 15.4. The van der Waals surface area contributed by atoms with E-state index in [4.69, 9.17) is 26.1 Å². The number of hydrogen-bond acceptors (Lipinski definition) is 6. The molecule has 39 heavy (non-hydrogen) atoms. The number of ether oxygens (including phenoxy) is 2. The van der Waals surface area contributed by atoms with Crippen LogP contribution in [-0.2, 0) is 11.2 Å². The van der Waals surface area contributed by atoms with Crippen LogP contribution in [0.25, 0.3) is 5.65 Å². The maximum absolute atomic E-state index is 15.4. The first-order chi connectivity index (χ1) is 18.9. The quantitative estimate of drug-likeness (QED) is 0.350. The van der Waals surface area contributed by atoms with Gasteiger partial charge in [-0.2, -0.15) is 0 Å². The van der Waals surface area contributed by atoms with Gasteiger partial charge in [0.2, 0.25) is 0 Å². The molecule has 2 amide bonds. The fourth-order valence-electron chi connectivity index (χ4n) is 4.85. The number of benzene rings is 1. The molecule has 0 saturated heterocycles. The lowest BCUT2D eigenvalue weighted by Gasteiger charge is -2.36. The second-order valence-corrected chi connectivity index (χ2v) is 9.88. The van der Waals surface area contributed by atoms with E-state index in [1.165, 1.54) is 25.3 Å². The second kappa shape index (κ2) is 10.2. The average Bonchev–Trinajstić information content (AvgIpc) is 3.68. The number of carbonyl (C=O) groups excluding carboxylic acids is 2. The van der Waals surface area contributed by atoms with Crippen LogP contribution in [-0.4, -0.2) is 57.4 Å². The van der Waals surface area contributed by atoms with Crippen LogP contribution in [0.1, 0.15) is 46.3 Å². The van der Waals surface area contributed by atoms with Crippen molar-refractivity contribution >= 4 is 29.1 Å². The maximum Gasteiger partial charge on any atom is 0.270 e. The van der Waals surface area contributed by atoms with E-state index in [1.807, 2.05) is 28.8 Å². The molecular weight excluding hydrogens is 525 g/mol. The standard InChI is InChI=1S/C28H25ClFN5O4/c1-38-17-7-8-18(19(30)14-17)25-26-20(32-23-4-2-3-12-34(23)26)11-13-35(25)24(36)15-39-22-10-9-21(33-27(22)29)28(37)31-16-5-6-16/h2-4,7-10,12,14,16,25H,5-6,11,13,15H2,1H3,(H,31,37). The van der Waals surface area contributed by atoms with E-state index in [-0.39, 0.29) is 41.1 Å². The Labute approximate surface area is 228 Å². The molecule has 1 fully saturated rings. The third-order valence-electron chi connectivity index (χ3n) is 6.94. The van der Waals surface area contributed by atoms with Gasteiger partial charge in [-0.15, -0.1) is 0 Å². The minimum absolute atomic E-state index is 0.0216. The highest BCUT2D eigenvalue weighted by Crippen LogP contribution is 2.38. The summed E-state index contributed by atoms with van der Waals surface area (Å²) in [4.78, 5) is 36.3. The summed E-state index contributed by atoms with van der Waals surface area (Å²) in [5.41, 5.74) is 2.74. The summed E-state index contributed by atoms with van der Waals surface area (Å²) in [6.07, 6.45) is 4.27. The predicted octanol–water partition coefficient (Wildman–Crippen LogP) is 3.98. The highest BCUT2D eigenvalue weighted by molar-refractivity contribution is 6.31. The van der Waals surface area contributed by atoms with Crippen molar-refractivity contribution in [1.82, 2.24) is 24.6 Å². The van der Waals surface area contributed by atoms with Gasteiger partial charge in [-0.1, -0.05) is 17.7 Å². The van der Waals surface area contributed by atoms with Gasteiger partial charge in [-0.3, -0.25) is 9.59 Å². The van der Waals surface area contributed by atoms with E-state index in [9.17, 15) is 9.59 Å². The van der Waals surface area contributed by atoms with Crippen LogP contribution in [0.4, 0.5) is 4.39 Å². The van der Waals surface area contributed by atoms with E-state index in [0.717, 1.165) is 29.9 Å². The zero-order chi connectivity index (χ0) is 27.1. The van der Waals surface area contributed by atoms with E-state index < -0.39 is 11.9 Å². The second-order valence-electron chi connectivity index (χ2n) is 9.52. The first-order valence-corrected chi connectivity index (χ1v) is 13.0. The fraction of sp³-hybridized carbons (Fsp3) is 0.286. The monoisotopic (exact) mass is 549 g/mol. The topological polar surface area (TPSA) is 98.1 Å². The van der Waals surface area contributed by atoms with E-state index in [0.29, 0.717) is 24.3 Å². The van der Waals surface area contributed by atoms with Crippen LogP contribution >= 0.6 is 11.6 Å². The van der Waals surface area contributed by atoms with E-state index in [2.05, 4.69) is 10.3 Å². The summed E-state index contributed by atoms with van der Waals surface area (Å²) < 4.78 is 28.2. The van der Waals surface area contributed by atoms with Gasteiger partial charge < -0.3 is 24.1 Å². The molecule has 1 saturated carbocycles. The highest BCUT2D eigenvalue weighted by Gasteiger charge is 2.37. The average molecular weight is 550 g/mol. The molecule has 1 aliphatic heterocycles. The number of aromatic nitrogens is 3. The molecule has 1 aliphatic carbocycles. The number of hydrogen-bond donors (Lipinski definition) is 1. The molecule has 6 rings (SSSR count). The SMILES string of the molecule is COc1ccc(C2c3c(nc4ccccn34)CCN2C(=O)COc2ccc(C(=O)NC3CC3)nc2Cl)c(F)c1. The minimum Gasteiger partial charge on any atom is -0.497 e. The summed E-state index contributed by atoms with van der Waals surface area (Å²) in [5, 5.41) is 2.83. The molecule has 11 heteroatoms. The molecule has 4 heterocycles. The Kier molecular flexibility index (Phi) is 6.56. The van der Waals surface area contributed by atoms with Crippen molar-refractivity contribution in [3.8, 4) is 11.5 Å². The Morgan fingerprint density at radius 2 is 2.00 bits per heavy atom. The number of amides is 2. The summed E-state index contributed by atoms with van der Waals surface area (Å²) in [6, 6.07) is 12.7. The van der Waals surface area contributed by atoms with Crippen molar-refractivity contribution in [3.63, 3.8) is 0 Å². The van der Waals surface area contributed by atoms with Gasteiger partial charge in [-0.25, -0.2) is 14.4 Å². The Bertz CT molecular complexity index is 1590. The summed E-state index contributed by atoms with van der Waals surface area (Å²) >= 11 is 6.27. The summed E-state index contributed by atoms with van der Waals surface area (Å²) in [5.74, 6) is -0.610. The number of nitrogens with zero attached hydrogens (tertiary/aromatic N) is 4. The van der Waals surface area contributed by atoms with Gasteiger partial charge >= 0.3 is 0 Å². The highest BCUT2D eigenvalue weighted by atomic mass is 35.5. The molecule has 0 spiro atoms. The van der Waals surface area contributed by atoms with Crippen molar-refractivity contribution in [2.75, 3.05) is 20.3 Å². The number of fused-ring (bicyclic) bond motifs is 3. The minimum atomic E-state index is -0.741. The molecule has 1 atom stereocenters. The number of nitrogens with one attached hydrogen (secondary N) is 1. The van der Waals surface area contributed by atoms with Crippen LogP contribution in [0.5, 0.6) is 11.5 Å². The smallest absolute Gasteiger partial charge is 0.270 e. The molecular formula is C28H25ClFN5O4. The molecule has 200 valence electrons. The molecule has 2 aliphatic rings. The van der Waals surface area contributed by atoms with E-state index >= 15 is 4.39 Å². The molecule has 1 unspecified atom stereocenters. The Morgan fingerprint density at radius 3 is 2.74 bits per heavy atom. The summed E-state index contributed by atoms with van der Waals surface area (Å²) in [7, 11) is 1.47. The van der Waals surface area contributed by atoms with Crippen molar-refractivity contribution in [2.45, 2.75) is 31.3 Å². The molecule has 9 nitrogen and oxygen atoms in total. The van der Waals surface area contributed by atoms with E-state index in [1.54, 1.807) is 17.0 Å². The number of pyridine rings is 2. The Hall–Kier alpha value is -4.18. The molecule has 0 radical (unpaired) electrons. The van der Waals surface area contributed by atoms with Crippen LogP contribution in [0.2, 0.25) is 5.15 Å². The zero-order valence-electron chi connectivity index (χ0n) is 21.1. The molecule has 0 bridgehead atoms. The van der Waals surface area contributed by atoms with Crippen molar-refractivity contribution in [2.24, 2.45) is 0 Å². The van der Waals surface area contributed by atoms with Gasteiger partial charge in [0.15, 0.2) is 17.5 Å². The van der Waals surface area contributed by atoms with Gasteiger partial charge in [0, 0.05) is 36.8 Å². The predicted molar refractivity (Wildman–Crippen MR) is 141 cm³/mol. The molecule has 3 aromatic heterocycles. The summed E-state index contributed by atoms with van der Waals surface area (Å²) in [6.45, 7) is -0.0309. The lowest BCUT2D eigenvalue weighted by atomic mass is 9.94. The normalized spacial score (nSPS) is 16.6. The van der Waals surface area contributed by atoms with Crippen LogP contribution in [0.3, 0.4) is 0 Å². The van der Waals surface area contributed by atoms with Gasteiger partial charge in [0.05, 0.1) is 18.5 Å².